The molecule has 0 spiro atoms. The summed E-state index contributed by atoms with van der Waals surface area (Å²) in [5.74, 6) is 0. The molecule has 0 saturated heterocycles. The number of benzene rings is 3. The maximum Gasteiger partial charge on any atom is 0.0793 e. The minimum atomic E-state index is -0.420. The molecule has 3 aromatic rings. The molecule has 0 amide bonds. The van der Waals surface area contributed by atoms with Crippen LogP contribution in [-0.4, -0.2) is 5.11 Å². The number of hydrogen-bond acceptors (Lipinski definition) is 1. The summed E-state index contributed by atoms with van der Waals surface area (Å²) >= 11 is 0. The van der Waals surface area contributed by atoms with E-state index in [0.29, 0.717) is 0 Å². The first-order valence-electron chi connectivity index (χ1n) is 7.72. The van der Waals surface area contributed by atoms with Gasteiger partial charge in [0.1, 0.15) is 0 Å². The first-order chi connectivity index (χ1) is 10.8. The summed E-state index contributed by atoms with van der Waals surface area (Å²) in [5.41, 5.74) is 5.64. The molecule has 0 aliphatic heterocycles. The van der Waals surface area contributed by atoms with Gasteiger partial charge in [-0.2, -0.15) is 0 Å². The third-order valence-electron chi connectivity index (χ3n) is 3.99. The topological polar surface area (TPSA) is 20.2 Å². The fourth-order valence-corrected chi connectivity index (χ4v) is 2.77. The van der Waals surface area contributed by atoms with E-state index in [0.717, 1.165) is 23.1 Å². The molecule has 3 aromatic carbocycles. The molecule has 110 valence electrons. The smallest absolute Gasteiger partial charge is 0.0793 e. The summed E-state index contributed by atoms with van der Waals surface area (Å²) in [6, 6.07) is 27.0. The van der Waals surface area contributed by atoms with Gasteiger partial charge in [-0.15, -0.1) is 0 Å². The van der Waals surface area contributed by atoms with Crippen LogP contribution in [0.25, 0.3) is 22.3 Å². The van der Waals surface area contributed by atoms with E-state index in [4.69, 9.17) is 0 Å². The Morgan fingerprint density at radius 2 is 1.36 bits per heavy atom. The van der Waals surface area contributed by atoms with E-state index in [1.807, 2.05) is 31.2 Å². The van der Waals surface area contributed by atoms with Crippen molar-refractivity contribution in [1.82, 2.24) is 0 Å². The predicted molar refractivity (Wildman–Crippen MR) is 92.6 cm³/mol. The lowest BCUT2D eigenvalue weighted by Crippen LogP contribution is -1.98. The number of aliphatic hydroxyl groups is 1. The molecule has 0 heterocycles. The van der Waals surface area contributed by atoms with Crippen LogP contribution in [0, 0.1) is 0 Å². The predicted octanol–water partition coefficient (Wildman–Crippen LogP) is 5.46. The summed E-state index contributed by atoms with van der Waals surface area (Å²) in [6.07, 6.45) is 0.298. The Kier molecular flexibility index (Phi) is 4.36. The van der Waals surface area contributed by atoms with Gasteiger partial charge < -0.3 is 5.11 Å². The van der Waals surface area contributed by atoms with Crippen molar-refractivity contribution in [3.05, 3.63) is 84.4 Å². The van der Waals surface area contributed by atoms with E-state index >= 15 is 0 Å². The van der Waals surface area contributed by atoms with Crippen LogP contribution in [0.15, 0.2) is 78.9 Å². The molecule has 0 bridgehead atoms. The summed E-state index contributed by atoms with van der Waals surface area (Å²) in [6.45, 7) is 2.00. The van der Waals surface area contributed by atoms with E-state index < -0.39 is 6.10 Å². The minimum absolute atomic E-state index is 0.420. The summed E-state index contributed by atoms with van der Waals surface area (Å²) in [5, 5.41) is 10.3. The van der Waals surface area contributed by atoms with Gasteiger partial charge in [0.25, 0.3) is 0 Å². The highest BCUT2D eigenvalue weighted by atomic mass is 16.3. The molecule has 0 aromatic heterocycles. The van der Waals surface area contributed by atoms with Crippen molar-refractivity contribution in [2.75, 3.05) is 0 Å². The molecular formula is C21H20O. The van der Waals surface area contributed by atoms with Crippen LogP contribution >= 0.6 is 0 Å². The van der Waals surface area contributed by atoms with Gasteiger partial charge in [0.2, 0.25) is 0 Å². The number of rotatable bonds is 4. The van der Waals surface area contributed by atoms with E-state index in [1.54, 1.807) is 0 Å². The fourth-order valence-electron chi connectivity index (χ4n) is 2.77. The van der Waals surface area contributed by atoms with Gasteiger partial charge in [-0.1, -0.05) is 79.7 Å². The normalized spacial score (nSPS) is 12.1. The largest absolute Gasteiger partial charge is 0.388 e. The van der Waals surface area contributed by atoms with Crippen LogP contribution in [-0.2, 0) is 0 Å². The molecule has 1 unspecified atom stereocenters. The summed E-state index contributed by atoms with van der Waals surface area (Å²) in [7, 11) is 0. The first-order valence-corrected chi connectivity index (χ1v) is 7.72. The van der Waals surface area contributed by atoms with Crippen molar-refractivity contribution in [2.24, 2.45) is 0 Å². The monoisotopic (exact) mass is 288 g/mol. The van der Waals surface area contributed by atoms with Crippen molar-refractivity contribution < 1.29 is 5.11 Å². The lowest BCUT2D eigenvalue weighted by atomic mass is 9.93. The van der Waals surface area contributed by atoms with Crippen LogP contribution in [0.3, 0.4) is 0 Å². The van der Waals surface area contributed by atoms with Gasteiger partial charge in [-0.25, -0.2) is 0 Å². The van der Waals surface area contributed by atoms with E-state index in [1.165, 1.54) is 11.1 Å². The zero-order valence-corrected chi connectivity index (χ0v) is 12.7. The quantitative estimate of drug-likeness (QED) is 0.675. The van der Waals surface area contributed by atoms with Gasteiger partial charge >= 0.3 is 0 Å². The van der Waals surface area contributed by atoms with Crippen molar-refractivity contribution in [1.29, 1.82) is 0 Å². The second-order valence-corrected chi connectivity index (χ2v) is 5.46. The van der Waals surface area contributed by atoms with Crippen LogP contribution in [0.2, 0.25) is 0 Å². The summed E-state index contributed by atoms with van der Waals surface area (Å²) in [4.78, 5) is 0. The number of aliphatic hydroxyl groups excluding tert-OH is 1. The van der Waals surface area contributed by atoms with Crippen molar-refractivity contribution in [2.45, 2.75) is 19.4 Å². The average molecular weight is 288 g/mol. The Balaban J connectivity index is 2.07. The zero-order chi connectivity index (χ0) is 15.4. The highest BCUT2D eigenvalue weighted by molar-refractivity contribution is 5.75. The van der Waals surface area contributed by atoms with E-state index in [-0.39, 0.29) is 0 Å². The van der Waals surface area contributed by atoms with Crippen LogP contribution < -0.4 is 0 Å². The Hall–Kier alpha value is -2.38. The molecule has 0 aliphatic carbocycles. The molecule has 0 fully saturated rings. The van der Waals surface area contributed by atoms with Gasteiger partial charge in [-0.3, -0.25) is 0 Å². The standard InChI is InChI=1S/C21H20O/c1-2-21(22)20-14-7-6-13-19(20)18-12-8-11-17(15-18)16-9-4-3-5-10-16/h3-15,21-22H,2H2,1H3. The SMILES string of the molecule is CCC(O)c1ccccc1-c1cccc(-c2ccccc2)c1. The Bertz CT molecular complexity index is 747. The molecule has 22 heavy (non-hydrogen) atoms. The van der Waals surface area contributed by atoms with Gasteiger partial charge in [0.05, 0.1) is 6.10 Å². The van der Waals surface area contributed by atoms with Crippen molar-refractivity contribution in [3.63, 3.8) is 0 Å². The molecule has 0 aliphatic rings. The summed E-state index contributed by atoms with van der Waals surface area (Å²) < 4.78 is 0. The van der Waals surface area contributed by atoms with Gasteiger partial charge in [-0.05, 0) is 40.3 Å². The average Bonchev–Trinajstić information content (AvgIpc) is 2.62. The highest BCUT2D eigenvalue weighted by Gasteiger charge is 2.11. The third kappa shape index (κ3) is 2.95. The van der Waals surface area contributed by atoms with Gasteiger partial charge in [0.15, 0.2) is 0 Å². The highest BCUT2D eigenvalue weighted by Crippen LogP contribution is 2.32. The fraction of sp³-hybridized carbons (Fsp3) is 0.143. The Morgan fingerprint density at radius 3 is 2.14 bits per heavy atom. The van der Waals surface area contributed by atoms with Crippen LogP contribution in [0.5, 0.6) is 0 Å². The molecule has 1 N–H and O–H groups in total. The van der Waals surface area contributed by atoms with E-state index in [2.05, 4.69) is 54.6 Å². The molecule has 0 radical (unpaired) electrons. The van der Waals surface area contributed by atoms with Gasteiger partial charge in [0, 0.05) is 0 Å². The van der Waals surface area contributed by atoms with Crippen molar-refractivity contribution >= 4 is 0 Å². The van der Waals surface area contributed by atoms with Crippen LogP contribution in [0.4, 0.5) is 0 Å². The van der Waals surface area contributed by atoms with E-state index in [9.17, 15) is 5.11 Å². The zero-order valence-electron chi connectivity index (χ0n) is 12.7. The molecule has 1 heteroatoms. The molecule has 0 saturated carbocycles. The molecular weight excluding hydrogens is 268 g/mol. The second-order valence-electron chi connectivity index (χ2n) is 5.46. The molecule has 1 atom stereocenters. The maximum atomic E-state index is 10.3. The maximum absolute atomic E-state index is 10.3. The second kappa shape index (κ2) is 6.59. The third-order valence-corrected chi connectivity index (χ3v) is 3.99. The number of hydrogen-bond donors (Lipinski definition) is 1. The molecule has 1 nitrogen and oxygen atoms in total. The lowest BCUT2D eigenvalue weighted by molar-refractivity contribution is 0.174. The van der Waals surface area contributed by atoms with Crippen molar-refractivity contribution in [3.8, 4) is 22.3 Å². The molecule has 3 rings (SSSR count). The Morgan fingerprint density at radius 1 is 0.727 bits per heavy atom. The Labute approximate surface area is 131 Å². The lowest BCUT2D eigenvalue weighted by Gasteiger charge is -2.15. The first kappa shape index (κ1) is 14.6. The minimum Gasteiger partial charge on any atom is -0.388 e. The van der Waals surface area contributed by atoms with Crippen LogP contribution in [0.1, 0.15) is 25.0 Å².